The molecule has 0 bridgehead atoms. The van der Waals surface area contributed by atoms with Crippen molar-refractivity contribution >= 4 is 24.8 Å². The molecule has 0 aliphatic carbocycles. The summed E-state index contributed by atoms with van der Waals surface area (Å²) < 4.78 is 18.9. The fraction of sp³-hybridized carbons (Fsp3) is 0.400. The van der Waals surface area contributed by atoms with Gasteiger partial charge in [0, 0.05) is 12.1 Å². The largest absolute Gasteiger partial charge is 0.489 e. The van der Waals surface area contributed by atoms with Crippen LogP contribution in [0.1, 0.15) is 24.0 Å². The Bertz CT molecular complexity index is 634. The maximum Gasteiger partial charge on any atom is 0.124 e. The first kappa shape index (κ1) is 22.7. The molecule has 1 aliphatic heterocycles. The van der Waals surface area contributed by atoms with Crippen molar-refractivity contribution in [3.8, 4) is 5.75 Å². The van der Waals surface area contributed by atoms with E-state index in [9.17, 15) is 4.39 Å². The third-order valence-corrected chi connectivity index (χ3v) is 4.49. The van der Waals surface area contributed by atoms with Crippen LogP contribution in [0.3, 0.4) is 0 Å². The Morgan fingerprint density at radius 1 is 1.00 bits per heavy atom. The predicted octanol–water partition coefficient (Wildman–Crippen LogP) is 4.34. The van der Waals surface area contributed by atoms with E-state index in [-0.39, 0.29) is 30.6 Å². The maximum absolute atomic E-state index is 13.0. The Kier molecular flexibility index (Phi) is 10.6. The number of hydrogen-bond acceptors (Lipinski definition) is 3. The Morgan fingerprint density at radius 2 is 1.69 bits per heavy atom. The van der Waals surface area contributed by atoms with Crippen LogP contribution in [-0.2, 0) is 13.2 Å². The van der Waals surface area contributed by atoms with Gasteiger partial charge in [0.1, 0.15) is 18.2 Å². The molecule has 2 aromatic rings. The Balaban J connectivity index is 0.00000169. The minimum absolute atomic E-state index is 0. The average molecular weight is 401 g/mol. The van der Waals surface area contributed by atoms with Gasteiger partial charge in [0.25, 0.3) is 0 Å². The third kappa shape index (κ3) is 7.12. The van der Waals surface area contributed by atoms with Crippen molar-refractivity contribution in [1.82, 2.24) is 10.6 Å². The molecule has 1 fully saturated rings. The van der Waals surface area contributed by atoms with Crippen molar-refractivity contribution in [2.24, 2.45) is 5.92 Å². The van der Waals surface area contributed by atoms with Gasteiger partial charge in [-0.25, -0.2) is 4.39 Å². The van der Waals surface area contributed by atoms with Gasteiger partial charge in [-0.2, -0.15) is 0 Å². The second-order valence-electron chi connectivity index (χ2n) is 6.35. The van der Waals surface area contributed by atoms with Crippen LogP contribution in [0.4, 0.5) is 4.39 Å². The second kappa shape index (κ2) is 12.1. The molecule has 1 heterocycles. The SMILES string of the molecule is Cl.Cl.Fc1ccc(COc2ccccc2CNCC2CCNCC2)cc1. The van der Waals surface area contributed by atoms with Crippen molar-refractivity contribution in [1.29, 1.82) is 0 Å². The number of piperidine rings is 1. The zero-order valence-electron chi connectivity index (χ0n) is 14.7. The number of nitrogens with one attached hydrogen (secondary N) is 2. The zero-order chi connectivity index (χ0) is 16.6. The number of rotatable bonds is 7. The molecule has 0 unspecified atom stereocenters. The molecule has 0 amide bonds. The summed E-state index contributed by atoms with van der Waals surface area (Å²) in [5, 5.41) is 6.96. The van der Waals surface area contributed by atoms with E-state index in [0.29, 0.717) is 6.61 Å². The molecule has 2 N–H and O–H groups in total. The average Bonchev–Trinajstić information content (AvgIpc) is 2.63. The Labute approximate surface area is 167 Å². The van der Waals surface area contributed by atoms with E-state index < -0.39 is 0 Å². The fourth-order valence-corrected chi connectivity index (χ4v) is 3.03. The van der Waals surface area contributed by atoms with Crippen LogP contribution in [0, 0.1) is 11.7 Å². The van der Waals surface area contributed by atoms with Gasteiger partial charge >= 0.3 is 0 Å². The van der Waals surface area contributed by atoms with Crippen LogP contribution in [0.25, 0.3) is 0 Å². The van der Waals surface area contributed by atoms with Gasteiger partial charge in [-0.3, -0.25) is 0 Å². The Hall–Kier alpha value is -1.33. The zero-order valence-corrected chi connectivity index (χ0v) is 16.4. The highest BCUT2D eigenvalue weighted by Crippen LogP contribution is 2.20. The van der Waals surface area contributed by atoms with Crippen molar-refractivity contribution in [2.45, 2.75) is 26.0 Å². The van der Waals surface area contributed by atoms with E-state index >= 15 is 0 Å². The van der Waals surface area contributed by atoms with Gasteiger partial charge in [0.05, 0.1) is 0 Å². The van der Waals surface area contributed by atoms with Gasteiger partial charge in [-0.15, -0.1) is 24.8 Å². The lowest BCUT2D eigenvalue weighted by Gasteiger charge is -2.23. The molecule has 0 atom stereocenters. The molecule has 0 saturated carbocycles. The van der Waals surface area contributed by atoms with Gasteiger partial charge in [0.15, 0.2) is 0 Å². The molecule has 3 rings (SSSR count). The molecule has 144 valence electrons. The predicted molar refractivity (Wildman–Crippen MR) is 109 cm³/mol. The van der Waals surface area contributed by atoms with Crippen molar-refractivity contribution in [3.63, 3.8) is 0 Å². The van der Waals surface area contributed by atoms with E-state index in [1.165, 1.54) is 25.0 Å². The molecule has 1 saturated heterocycles. The lowest BCUT2D eigenvalue weighted by molar-refractivity contribution is 0.300. The molecule has 0 spiro atoms. The summed E-state index contributed by atoms with van der Waals surface area (Å²) in [4.78, 5) is 0. The fourth-order valence-electron chi connectivity index (χ4n) is 3.03. The van der Waals surface area contributed by atoms with Crippen molar-refractivity contribution in [3.05, 3.63) is 65.5 Å². The highest BCUT2D eigenvalue weighted by molar-refractivity contribution is 5.85. The lowest BCUT2D eigenvalue weighted by Crippen LogP contribution is -2.33. The second-order valence-corrected chi connectivity index (χ2v) is 6.35. The van der Waals surface area contributed by atoms with Crippen LogP contribution in [-0.4, -0.2) is 19.6 Å². The molecule has 0 radical (unpaired) electrons. The molecule has 1 aliphatic rings. The number of hydrogen-bond donors (Lipinski definition) is 2. The first-order chi connectivity index (χ1) is 11.8. The first-order valence-corrected chi connectivity index (χ1v) is 8.68. The monoisotopic (exact) mass is 400 g/mol. The van der Waals surface area contributed by atoms with E-state index in [4.69, 9.17) is 4.74 Å². The molecule has 3 nitrogen and oxygen atoms in total. The van der Waals surface area contributed by atoms with Crippen molar-refractivity contribution in [2.75, 3.05) is 19.6 Å². The number of benzene rings is 2. The van der Waals surface area contributed by atoms with Crippen LogP contribution in [0.5, 0.6) is 5.75 Å². The van der Waals surface area contributed by atoms with E-state index in [0.717, 1.165) is 49.0 Å². The highest BCUT2D eigenvalue weighted by atomic mass is 35.5. The van der Waals surface area contributed by atoms with Gasteiger partial charge < -0.3 is 15.4 Å². The van der Waals surface area contributed by atoms with Gasteiger partial charge in [-0.05, 0) is 62.2 Å². The molecular formula is C20H27Cl2FN2O. The van der Waals surface area contributed by atoms with Crippen LogP contribution in [0.15, 0.2) is 48.5 Å². The quantitative estimate of drug-likeness (QED) is 0.724. The molecule has 0 aromatic heterocycles. The van der Waals surface area contributed by atoms with Crippen LogP contribution in [0.2, 0.25) is 0 Å². The van der Waals surface area contributed by atoms with E-state index in [1.807, 2.05) is 18.2 Å². The van der Waals surface area contributed by atoms with Crippen LogP contribution < -0.4 is 15.4 Å². The molecular weight excluding hydrogens is 374 g/mol. The standard InChI is InChI=1S/C20H25FN2O.2ClH/c21-19-7-5-17(6-8-19)15-24-20-4-2-1-3-18(20)14-23-13-16-9-11-22-12-10-16;;/h1-8,16,22-23H,9-15H2;2*1H. The number of ether oxygens (including phenoxy) is 1. The summed E-state index contributed by atoms with van der Waals surface area (Å²) in [7, 11) is 0. The molecule has 26 heavy (non-hydrogen) atoms. The lowest BCUT2D eigenvalue weighted by atomic mass is 9.98. The summed E-state index contributed by atoms with van der Waals surface area (Å²) in [6.45, 7) is 4.57. The van der Waals surface area contributed by atoms with E-state index in [2.05, 4.69) is 16.7 Å². The smallest absolute Gasteiger partial charge is 0.124 e. The minimum atomic E-state index is -0.221. The summed E-state index contributed by atoms with van der Waals surface area (Å²) in [5.74, 6) is 1.43. The highest BCUT2D eigenvalue weighted by Gasteiger charge is 2.12. The van der Waals surface area contributed by atoms with Crippen LogP contribution >= 0.6 is 24.8 Å². The molecule has 2 aromatic carbocycles. The first-order valence-electron chi connectivity index (χ1n) is 8.68. The molecule has 6 heteroatoms. The third-order valence-electron chi connectivity index (χ3n) is 4.49. The van der Waals surface area contributed by atoms with E-state index in [1.54, 1.807) is 12.1 Å². The number of halogens is 3. The summed E-state index contributed by atoms with van der Waals surface area (Å²) in [6, 6.07) is 14.5. The normalized spacial score (nSPS) is 14.2. The van der Waals surface area contributed by atoms with Gasteiger partial charge in [-0.1, -0.05) is 30.3 Å². The summed E-state index contributed by atoms with van der Waals surface area (Å²) in [5.41, 5.74) is 2.13. The topological polar surface area (TPSA) is 33.3 Å². The summed E-state index contributed by atoms with van der Waals surface area (Å²) >= 11 is 0. The minimum Gasteiger partial charge on any atom is -0.489 e. The van der Waals surface area contributed by atoms with Crippen molar-refractivity contribution < 1.29 is 9.13 Å². The summed E-state index contributed by atoms with van der Waals surface area (Å²) in [6.07, 6.45) is 2.49. The number of para-hydroxylation sites is 1. The van der Waals surface area contributed by atoms with Gasteiger partial charge in [0.2, 0.25) is 0 Å². The maximum atomic E-state index is 13.0. The Morgan fingerprint density at radius 3 is 2.42 bits per heavy atom.